The molecule has 0 spiro atoms. The van der Waals surface area contributed by atoms with Gasteiger partial charge in [-0.25, -0.2) is 0 Å². The molecule has 0 heterocycles. The predicted molar refractivity (Wildman–Crippen MR) is 88.4 cm³/mol. The van der Waals surface area contributed by atoms with Gasteiger partial charge in [0.05, 0.1) is 5.69 Å². The molecule has 0 radical (unpaired) electrons. The van der Waals surface area contributed by atoms with E-state index in [9.17, 15) is 0 Å². The molecule has 18 heavy (non-hydrogen) atoms. The van der Waals surface area contributed by atoms with Crippen molar-refractivity contribution in [3.63, 3.8) is 0 Å². The molecule has 0 amide bonds. The molecule has 1 nitrogen and oxygen atoms in total. The number of nitrogens with one attached hydrogen (secondary N) is 1. The fourth-order valence-corrected chi connectivity index (χ4v) is 3.75. The lowest BCUT2D eigenvalue weighted by molar-refractivity contribution is 0.472. The zero-order valence-corrected chi connectivity index (χ0v) is 14.7. The van der Waals surface area contributed by atoms with Gasteiger partial charge in [-0.2, -0.15) is 0 Å². The van der Waals surface area contributed by atoms with Gasteiger partial charge in [-0.15, -0.1) is 0 Å². The molecule has 1 aromatic rings. The maximum Gasteiger partial charge on any atom is 0.0629 e. The van der Waals surface area contributed by atoms with Crippen LogP contribution in [0.1, 0.15) is 45.1 Å². The van der Waals surface area contributed by atoms with E-state index in [1.165, 1.54) is 36.9 Å². The number of rotatable bonds is 7. The first-order valence-corrected chi connectivity index (χ1v) is 8.36. The number of aryl methyl sites for hydroxylation is 1. The molecule has 1 rings (SSSR count). The van der Waals surface area contributed by atoms with Gasteiger partial charge >= 0.3 is 0 Å². The van der Waals surface area contributed by atoms with Crippen molar-refractivity contribution in [3.8, 4) is 0 Å². The van der Waals surface area contributed by atoms with Crippen LogP contribution < -0.4 is 5.32 Å². The zero-order chi connectivity index (χ0) is 13.5. The normalized spacial score (nSPS) is 12.5. The smallest absolute Gasteiger partial charge is 0.0629 e. The Balaban J connectivity index is 2.62. The Morgan fingerprint density at radius 3 is 2.28 bits per heavy atom. The van der Waals surface area contributed by atoms with E-state index in [2.05, 4.69) is 70.1 Å². The molecule has 1 aromatic carbocycles. The summed E-state index contributed by atoms with van der Waals surface area (Å²) in [5, 5.41) is 3.57. The van der Waals surface area contributed by atoms with Gasteiger partial charge in [-0.3, -0.25) is 0 Å². The van der Waals surface area contributed by atoms with Crippen LogP contribution in [0.4, 0.5) is 5.69 Å². The maximum atomic E-state index is 3.63. The number of anilines is 1. The van der Waals surface area contributed by atoms with Crippen LogP contribution >= 0.6 is 31.9 Å². The Morgan fingerprint density at radius 2 is 1.78 bits per heavy atom. The molecule has 1 atom stereocenters. The predicted octanol–water partition coefficient (Wildman–Crippen LogP) is 6.15. The van der Waals surface area contributed by atoms with E-state index in [1.54, 1.807) is 0 Å². The first-order chi connectivity index (χ1) is 8.58. The highest BCUT2D eigenvalue weighted by Gasteiger charge is 2.09. The van der Waals surface area contributed by atoms with Gasteiger partial charge in [0, 0.05) is 15.5 Å². The van der Waals surface area contributed by atoms with Gasteiger partial charge in [0.2, 0.25) is 0 Å². The van der Waals surface area contributed by atoms with E-state index in [-0.39, 0.29) is 0 Å². The van der Waals surface area contributed by atoms with E-state index in [4.69, 9.17) is 0 Å². The van der Waals surface area contributed by atoms with Crippen molar-refractivity contribution >= 4 is 37.5 Å². The van der Waals surface area contributed by atoms with Gasteiger partial charge in [0.25, 0.3) is 0 Å². The lowest BCUT2D eigenvalue weighted by Crippen LogP contribution is -2.14. The van der Waals surface area contributed by atoms with Crippen LogP contribution in [-0.4, -0.2) is 6.54 Å². The monoisotopic (exact) mass is 375 g/mol. The fourth-order valence-electron chi connectivity index (χ4n) is 2.06. The number of hydrogen-bond donors (Lipinski definition) is 1. The van der Waals surface area contributed by atoms with Crippen molar-refractivity contribution in [3.05, 3.63) is 26.6 Å². The molecule has 0 saturated heterocycles. The Kier molecular flexibility index (Phi) is 7.31. The van der Waals surface area contributed by atoms with Gasteiger partial charge in [0.1, 0.15) is 0 Å². The van der Waals surface area contributed by atoms with Gasteiger partial charge < -0.3 is 5.32 Å². The first kappa shape index (κ1) is 16.0. The second-order valence-corrected chi connectivity index (χ2v) is 6.61. The topological polar surface area (TPSA) is 12.0 Å². The molecule has 0 aliphatic carbocycles. The Morgan fingerprint density at radius 1 is 1.17 bits per heavy atom. The largest absolute Gasteiger partial charge is 0.383 e. The van der Waals surface area contributed by atoms with Crippen LogP contribution in [0, 0.1) is 12.8 Å². The maximum absolute atomic E-state index is 3.63. The average Bonchev–Trinajstić information content (AvgIpc) is 2.31. The summed E-state index contributed by atoms with van der Waals surface area (Å²) < 4.78 is 2.28. The van der Waals surface area contributed by atoms with Crippen LogP contribution in [0.25, 0.3) is 0 Å². The second-order valence-electron chi connectivity index (χ2n) is 4.90. The van der Waals surface area contributed by atoms with Crippen molar-refractivity contribution in [2.24, 2.45) is 5.92 Å². The minimum atomic E-state index is 0.769. The minimum absolute atomic E-state index is 0.769. The summed E-state index contributed by atoms with van der Waals surface area (Å²) in [5.41, 5.74) is 2.44. The lowest BCUT2D eigenvalue weighted by atomic mass is 9.99. The van der Waals surface area contributed by atoms with E-state index in [0.717, 1.165) is 21.4 Å². The summed E-state index contributed by atoms with van der Waals surface area (Å²) in [6, 6.07) is 4.31. The lowest BCUT2D eigenvalue weighted by Gasteiger charge is -2.18. The number of benzene rings is 1. The molecule has 0 saturated carbocycles. The third-order valence-corrected chi connectivity index (χ3v) is 4.55. The van der Waals surface area contributed by atoms with E-state index >= 15 is 0 Å². The molecule has 1 unspecified atom stereocenters. The van der Waals surface area contributed by atoms with Crippen molar-refractivity contribution in [1.29, 1.82) is 0 Å². The van der Waals surface area contributed by atoms with Crippen molar-refractivity contribution in [2.75, 3.05) is 11.9 Å². The van der Waals surface area contributed by atoms with Crippen LogP contribution in [-0.2, 0) is 0 Å². The summed E-state index contributed by atoms with van der Waals surface area (Å²) in [5.74, 6) is 0.769. The van der Waals surface area contributed by atoms with Crippen LogP contribution in [0.5, 0.6) is 0 Å². The van der Waals surface area contributed by atoms with Crippen LogP contribution in [0.2, 0.25) is 0 Å². The van der Waals surface area contributed by atoms with Gasteiger partial charge in [0.15, 0.2) is 0 Å². The summed E-state index contributed by atoms with van der Waals surface area (Å²) in [6.07, 6.45) is 5.18. The highest BCUT2D eigenvalue weighted by molar-refractivity contribution is 9.11. The van der Waals surface area contributed by atoms with Crippen molar-refractivity contribution in [1.82, 2.24) is 0 Å². The Bertz CT molecular complexity index is 354. The molecule has 102 valence electrons. The van der Waals surface area contributed by atoms with E-state index in [0.29, 0.717) is 0 Å². The average molecular weight is 377 g/mol. The number of hydrogen-bond acceptors (Lipinski definition) is 1. The number of halogens is 2. The minimum Gasteiger partial charge on any atom is -0.383 e. The standard InChI is InChI=1S/C15H23Br2N/c1-4-6-7-12(5-2)10-18-15-13(16)8-11(3)9-14(15)17/h8-9,12,18H,4-7,10H2,1-3H3. The summed E-state index contributed by atoms with van der Waals surface area (Å²) >= 11 is 7.26. The zero-order valence-electron chi connectivity index (χ0n) is 11.5. The molecular formula is C15H23Br2N. The van der Waals surface area contributed by atoms with Gasteiger partial charge in [-0.05, 0) is 68.8 Å². The summed E-state index contributed by atoms with van der Waals surface area (Å²) in [6.45, 7) is 7.70. The summed E-state index contributed by atoms with van der Waals surface area (Å²) in [7, 11) is 0. The Labute approximate surface area is 128 Å². The Hall–Kier alpha value is -0.0200. The molecular weight excluding hydrogens is 354 g/mol. The molecule has 0 bridgehead atoms. The first-order valence-electron chi connectivity index (χ1n) is 6.78. The molecule has 0 aromatic heterocycles. The molecule has 0 fully saturated rings. The highest BCUT2D eigenvalue weighted by atomic mass is 79.9. The number of unbranched alkanes of at least 4 members (excludes halogenated alkanes) is 1. The molecule has 0 aliphatic rings. The highest BCUT2D eigenvalue weighted by Crippen LogP contribution is 2.32. The summed E-state index contributed by atoms with van der Waals surface area (Å²) in [4.78, 5) is 0. The van der Waals surface area contributed by atoms with E-state index < -0.39 is 0 Å². The van der Waals surface area contributed by atoms with Crippen molar-refractivity contribution in [2.45, 2.75) is 46.5 Å². The molecule has 3 heteroatoms. The van der Waals surface area contributed by atoms with Gasteiger partial charge in [-0.1, -0.05) is 33.1 Å². The second kappa shape index (κ2) is 8.21. The van der Waals surface area contributed by atoms with Crippen molar-refractivity contribution < 1.29 is 0 Å². The van der Waals surface area contributed by atoms with Crippen LogP contribution in [0.15, 0.2) is 21.1 Å². The molecule has 0 aliphatic heterocycles. The van der Waals surface area contributed by atoms with E-state index in [1.807, 2.05) is 0 Å². The van der Waals surface area contributed by atoms with Crippen LogP contribution in [0.3, 0.4) is 0 Å². The quantitative estimate of drug-likeness (QED) is 0.601. The third-order valence-electron chi connectivity index (χ3n) is 3.30. The SMILES string of the molecule is CCCCC(CC)CNc1c(Br)cc(C)cc1Br. The third kappa shape index (κ3) is 4.93. The fraction of sp³-hybridized carbons (Fsp3) is 0.600. The molecule has 1 N–H and O–H groups in total.